The lowest BCUT2D eigenvalue weighted by Gasteiger charge is -2.46. The number of halogens is 3. The zero-order valence-electron chi connectivity index (χ0n) is 17.4. The van der Waals surface area contributed by atoms with Gasteiger partial charge in [-0.05, 0) is 42.5 Å². The normalized spacial score (nSPS) is 23.7. The summed E-state index contributed by atoms with van der Waals surface area (Å²) in [5.41, 5.74) is -0.859. The molecule has 0 spiro atoms. The number of rotatable bonds is 5. The fourth-order valence-electron chi connectivity index (χ4n) is 4.54. The third-order valence-corrected chi connectivity index (χ3v) is 9.12. The van der Waals surface area contributed by atoms with E-state index in [1.165, 1.54) is 12.1 Å². The lowest BCUT2D eigenvalue weighted by atomic mass is 9.82. The predicted molar refractivity (Wildman–Crippen MR) is 119 cm³/mol. The molecule has 1 aromatic heterocycles. The molecule has 2 saturated heterocycles. The van der Waals surface area contributed by atoms with Crippen molar-refractivity contribution < 1.29 is 26.4 Å². The van der Waals surface area contributed by atoms with Crippen LogP contribution in [-0.4, -0.2) is 57.3 Å². The summed E-state index contributed by atoms with van der Waals surface area (Å²) < 4.78 is 63.3. The van der Waals surface area contributed by atoms with Crippen LogP contribution in [0.5, 0.6) is 0 Å². The Hall–Kier alpha value is -1.91. The van der Waals surface area contributed by atoms with Crippen LogP contribution in [0, 0.1) is 5.41 Å². The van der Waals surface area contributed by atoms with E-state index in [-0.39, 0.29) is 17.5 Å². The Morgan fingerprint density at radius 1 is 1.12 bits per heavy atom. The molecule has 2 aromatic rings. The lowest BCUT2D eigenvalue weighted by molar-refractivity contribution is -0.137. The van der Waals surface area contributed by atoms with Crippen molar-refractivity contribution in [3.8, 4) is 0 Å². The minimum atomic E-state index is -4.40. The highest BCUT2D eigenvalue weighted by Crippen LogP contribution is 2.38. The topological polar surface area (TPSA) is 57.7 Å². The molecule has 4 rings (SSSR count). The molecule has 174 valence electrons. The van der Waals surface area contributed by atoms with E-state index in [0.717, 1.165) is 17.2 Å². The van der Waals surface area contributed by atoms with E-state index in [1.807, 2.05) is 22.4 Å². The second-order valence-corrected chi connectivity index (χ2v) is 11.9. The van der Waals surface area contributed by atoms with E-state index < -0.39 is 27.0 Å². The van der Waals surface area contributed by atoms with Crippen LogP contribution in [0.4, 0.5) is 18.9 Å². The van der Waals surface area contributed by atoms with Gasteiger partial charge in [0.2, 0.25) is 0 Å². The van der Waals surface area contributed by atoms with Crippen molar-refractivity contribution >= 4 is 33.1 Å². The van der Waals surface area contributed by atoms with Crippen LogP contribution in [0.1, 0.15) is 29.3 Å². The van der Waals surface area contributed by atoms with Crippen molar-refractivity contribution in [2.24, 2.45) is 5.41 Å². The van der Waals surface area contributed by atoms with Gasteiger partial charge in [0.25, 0.3) is 0 Å². The first-order chi connectivity index (χ1) is 15.1. The van der Waals surface area contributed by atoms with Gasteiger partial charge >= 0.3 is 6.18 Å². The first-order valence-electron chi connectivity index (χ1n) is 10.5. The van der Waals surface area contributed by atoms with Gasteiger partial charge in [-0.15, -0.1) is 11.3 Å². The first-order valence-corrected chi connectivity index (χ1v) is 13.2. The van der Waals surface area contributed by atoms with Gasteiger partial charge in [-0.1, -0.05) is 12.1 Å². The number of nitrogens with zero attached hydrogens (tertiary/aromatic N) is 2. The van der Waals surface area contributed by atoms with Crippen molar-refractivity contribution in [2.45, 2.75) is 25.1 Å². The maximum Gasteiger partial charge on any atom is 0.416 e. The highest BCUT2D eigenvalue weighted by Gasteiger charge is 2.41. The van der Waals surface area contributed by atoms with Gasteiger partial charge in [0.1, 0.15) is 16.1 Å². The molecule has 5 nitrogen and oxygen atoms in total. The fourth-order valence-corrected chi connectivity index (χ4v) is 7.03. The van der Waals surface area contributed by atoms with E-state index in [1.54, 1.807) is 17.4 Å². The van der Waals surface area contributed by atoms with Crippen LogP contribution in [-0.2, 0) is 20.8 Å². The smallest absolute Gasteiger partial charge is 0.368 e. The Morgan fingerprint density at radius 3 is 2.50 bits per heavy atom. The molecule has 1 atom stereocenters. The maximum absolute atomic E-state index is 13.2. The Morgan fingerprint density at radius 2 is 1.88 bits per heavy atom. The standard InChI is InChI=1S/C22H25F3N2O3S2/c23-22(24,25)17-3-1-4-18(13-17)26-8-9-27(19(14-26)20-5-2-10-31-20)15-21(16-28)6-11-32(29,30)12-7-21/h1-5,10,13,16,19H,6-9,11-12,14-15H2. The second kappa shape index (κ2) is 8.79. The highest BCUT2D eigenvalue weighted by atomic mass is 32.2. The summed E-state index contributed by atoms with van der Waals surface area (Å²) in [7, 11) is -3.10. The zero-order chi connectivity index (χ0) is 23.0. The van der Waals surface area contributed by atoms with E-state index in [9.17, 15) is 26.4 Å². The molecule has 1 unspecified atom stereocenters. The maximum atomic E-state index is 13.2. The Bertz CT molecular complexity index is 1040. The molecule has 0 aliphatic carbocycles. The minimum absolute atomic E-state index is 0.0135. The SMILES string of the molecule is O=CC1(CN2CCN(c3cccc(C(F)(F)F)c3)CC2c2cccs2)CCS(=O)(=O)CC1. The van der Waals surface area contributed by atoms with Crippen molar-refractivity contribution in [1.82, 2.24) is 4.90 Å². The van der Waals surface area contributed by atoms with Crippen molar-refractivity contribution in [3.63, 3.8) is 0 Å². The molecule has 2 aliphatic heterocycles. The molecule has 0 saturated carbocycles. The number of anilines is 1. The van der Waals surface area contributed by atoms with Crippen LogP contribution in [0.2, 0.25) is 0 Å². The largest absolute Gasteiger partial charge is 0.416 e. The summed E-state index contributed by atoms with van der Waals surface area (Å²) in [5.74, 6) is 0.0270. The van der Waals surface area contributed by atoms with Crippen molar-refractivity contribution in [1.29, 1.82) is 0 Å². The Labute approximate surface area is 189 Å². The number of carbonyl (C=O) groups is 1. The molecule has 0 N–H and O–H groups in total. The van der Waals surface area contributed by atoms with Crippen LogP contribution in [0.15, 0.2) is 41.8 Å². The van der Waals surface area contributed by atoms with E-state index in [4.69, 9.17) is 0 Å². The number of thiophene rings is 1. The van der Waals surface area contributed by atoms with Gasteiger partial charge in [-0.2, -0.15) is 13.2 Å². The number of benzene rings is 1. The van der Waals surface area contributed by atoms with Crippen molar-refractivity contribution in [3.05, 3.63) is 52.2 Å². The predicted octanol–water partition coefficient (Wildman–Crippen LogP) is 4.02. The Balaban J connectivity index is 1.57. The molecule has 32 heavy (non-hydrogen) atoms. The summed E-state index contributed by atoms with van der Waals surface area (Å²) in [6, 6.07) is 9.21. The Kier molecular flexibility index (Phi) is 6.39. The van der Waals surface area contributed by atoms with Crippen molar-refractivity contribution in [2.75, 3.05) is 42.6 Å². The molecule has 10 heteroatoms. The average Bonchev–Trinajstić information content (AvgIpc) is 3.30. The molecule has 0 radical (unpaired) electrons. The number of carbonyl (C=O) groups excluding carboxylic acids is 1. The average molecular weight is 487 g/mol. The van der Waals surface area contributed by atoms with Gasteiger partial charge in [-0.3, -0.25) is 4.90 Å². The first kappa shape index (κ1) is 23.3. The van der Waals surface area contributed by atoms with Crippen LogP contribution in [0.3, 0.4) is 0 Å². The summed E-state index contributed by atoms with van der Waals surface area (Å²) in [4.78, 5) is 17.3. The third-order valence-electron chi connectivity index (χ3n) is 6.49. The molecular weight excluding hydrogens is 461 g/mol. The summed E-state index contributed by atoms with van der Waals surface area (Å²) in [5, 5.41) is 1.96. The molecule has 1 aromatic carbocycles. The van der Waals surface area contributed by atoms with E-state index in [2.05, 4.69) is 4.90 Å². The molecule has 0 amide bonds. The highest BCUT2D eigenvalue weighted by molar-refractivity contribution is 7.91. The van der Waals surface area contributed by atoms with Crippen LogP contribution < -0.4 is 4.90 Å². The molecule has 2 aliphatic rings. The number of piperazine rings is 1. The number of sulfone groups is 1. The summed E-state index contributed by atoms with van der Waals surface area (Å²) in [6.07, 6.45) is -2.87. The molecular formula is C22H25F3N2O3S2. The second-order valence-electron chi connectivity index (χ2n) is 8.63. The molecule has 2 fully saturated rings. The van der Waals surface area contributed by atoms with Crippen LogP contribution in [0.25, 0.3) is 0 Å². The van der Waals surface area contributed by atoms with Gasteiger partial charge in [-0.25, -0.2) is 8.42 Å². The third kappa shape index (κ3) is 5.02. The summed E-state index contributed by atoms with van der Waals surface area (Å²) >= 11 is 1.57. The minimum Gasteiger partial charge on any atom is -0.368 e. The summed E-state index contributed by atoms with van der Waals surface area (Å²) in [6.45, 7) is 2.04. The molecule has 0 bridgehead atoms. The monoisotopic (exact) mass is 486 g/mol. The number of aldehydes is 1. The zero-order valence-corrected chi connectivity index (χ0v) is 19.1. The van der Waals surface area contributed by atoms with Gasteiger partial charge < -0.3 is 9.69 Å². The van der Waals surface area contributed by atoms with E-state index in [0.29, 0.717) is 44.7 Å². The van der Waals surface area contributed by atoms with Gasteiger partial charge in [0.15, 0.2) is 0 Å². The number of alkyl halides is 3. The lowest BCUT2D eigenvalue weighted by Crippen LogP contribution is -2.53. The van der Waals surface area contributed by atoms with Gasteiger partial charge in [0, 0.05) is 42.2 Å². The quantitative estimate of drug-likeness (QED) is 0.598. The number of hydrogen-bond acceptors (Lipinski definition) is 6. The molecule has 3 heterocycles. The number of hydrogen-bond donors (Lipinski definition) is 0. The fraction of sp³-hybridized carbons (Fsp3) is 0.500. The van der Waals surface area contributed by atoms with Gasteiger partial charge in [0.05, 0.1) is 23.1 Å². The van der Waals surface area contributed by atoms with Crippen LogP contribution >= 0.6 is 11.3 Å². The van der Waals surface area contributed by atoms with E-state index >= 15 is 0 Å².